The molecule has 0 atom stereocenters. The van der Waals surface area contributed by atoms with E-state index in [4.69, 9.17) is 4.74 Å². The highest BCUT2D eigenvalue weighted by atomic mass is 16.5. The second-order valence-electron chi connectivity index (χ2n) is 6.61. The van der Waals surface area contributed by atoms with Crippen molar-refractivity contribution >= 4 is 5.91 Å². The Morgan fingerprint density at radius 2 is 2.10 bits per heavy atom. The molecular weight excluding hydrogens is 252 g/mol. The van der Waals surface area contributed by atoms with Crippen molar-refractivity contribution in [2.45, 2.75) is 51.4 Å². The molecule has 2 N–H and O–H groups in total. The van der Waals surface area contributed by atoms with Crippen LogP contribution in [0.2, 0.25) is 0 Å². The van der Waals surface area contributed by atoms with Crippen LogP contribution in [0.25, 0.3) is 0 Å². The summed E-state index contributed by atoms with van der Waals surface area (Å²) in [5.41, 5.74) is 0.334. The van der Waals surface area contributed by atoms with Gasteiger partial charge in [-0.3, -0.25) is 4.79 Å². The van der Waals surface area contributed by atoms with Crippen molar-refractivity contribution in [3.8, 4) is 0 Å². The van der Waals surface area contributed by atoms with Crippen molar-refractivity contribution < 1.29 is 9.53 Å². The first-order valence-electron chi connectivity index (χ1n) is 8.20. The van der Waals surface area contributed by atoms with Crippen LogP contribution >= 0.6 is 0 Å². The van der Waals surface area contributed by atoms with E-state index < -0.39 is 0 Å². The molecule has 0 aromatic carbocycles. The number of rotatable bonds is 8. The highest BCUT2D eigenvalue weighted by molar-refractivity contribution is 5.75. The lowest BCUT2D eigenvalue weighted by molar-refractivity contribution is -0.122. The fourth-order valence-electron chi connectivity index (χ4n) is 3.39. The number of carbonyl (C=O) groups is 1. The van der Waals surface area contributed by atoms with Crippen LogP contribution in [-0.4, -0.2) is 39.3 Å². The van der Waals surface area contributed by atoms with E-state index in [1.54, 1.807) is 7.11 Å². The summed E-state index contributed by atoms with van der Waals surface area (Å²) in [7, 11) is 1.75. The Morgan fingerprint density at radius 1 is 1.35 bits per heavy atom. The van der Waals surface area contributed by atoms with Gasteiger partial charge < -0.3 is 15.4 Å². The lowest BCUT2D eigenvalue weighted by Gasteiger charge is -2.42. The Morgan fingerprint density at radius 3 is 2.70 bits per heavy atom. The molecule has 4 heteroatoms. The normalized spacial score (nSPS) is 22.2. The van der Waals surface area contributed by atoms with Crippen LogP contribution in [0.4, 0.5) is 0 Å². The van der Waals surface area contributed by atoms with Crippen molar-refractivity contribution in [3.05, 3.63) is 0 Å². The van der Waals surface area contributed by atoms with E-state index in [0.29, 0.717) is 11.8 Å². The number of amides is 1. The lowest BCUT2D eigenvalue weighted by atomic mass is 9.66. The third kappa shape index (κ3) is 4.74. The lowest BCUT2D eigenvalue weighted by Crippen LogP contribution is -2.43. The number of methoxy groups -OCH3 is 1. The van der Waals surface area contributed by atoms with Gasteiger partial charge in [-0.1, -0.05) is 6.42 Å². The first-order chi connectivity index (χ1) is 9.74. The summed E-state index contributed by atoms with van der Waals surface area (Å²) in [6.45, 7) is 3.89. The first-order valence-corrected chi connectivity index (χ1v) is 8.20. The second kappa shape index (κ2) is 7.99. The molecule has 1 aliphatic heterocycles. The highest BCUT2D eigenvalue weighted by Crippen LogP contribution is 2.43. The maximum Gasteiger partial charge on any atom is 0.220 e. The van der Waals surface area contributed by atoms with E-state index in [1.165, 1.54) is 32.1 Å². The summed E-state index contributed by atoms with van der Waals surface area (Å²) in [6, 6.07) is 0. The molecule has 1 saturated heterocycles. The largest absolute Gasteiger partial charge is 0.385 e. The third-order valence-electron chi connectivity index (χ3n) is 5.15. The minimum atomic E-state index is 0.243. The Labute approximate surface area is 123 Å². The minimum absolute atomic E-state index is 0.243. The Kier molecular flexibility index (Phi) is 6.30. The zero-order chi connectivity index (χ0) is 14.3. The van der Waals surface area contributed by atoms with Gasteiger partial charge in [0.25, 0.3) is 0 Å². The summed E-state index contributed by atoms with van der Waals surface area (Å²) in [5, 5.41) is 6.53. The summed E-state index contributed by atoms with van der Waals surface area (Å²) in [6.07, 6.45) is 9.07. The molecule has 20 heavy (non-hydrogen) atoms. The average molecular weight is 282 g/mol. The molecule has 1 amide bonds. The highest BCUT2D eigenvalue weighted by Gasteiger charge is 2.36. The molecule has 1 aliphatic carbocycles. The van der Waals surface area contributed by atoms with Crippen LogP contribution in [-0.2, 0) is 9.53 Å². The van der Waals surface area contributed by atoms with Gasteiger partial charge in [0.2, 0.25) is 5.91 Å². The van der Waals surface area contributed by atoms with Crippen LogP contribution in [0.15, 0.2) is 0 Å². The SMILES string of the molecule is COCCC1(CNC(=O)CCC2CCNCC2)CCC1. The van der Waals surface area contributed by atoms with Crippen molar-refractivity contribution in [1.82, 2.24) is 10.6 Å². The third-order valence-corrected chi connectivity index (χ3v) is 5.15. The minimum Gasteiger partial charge on any atom is -0.385 e. The van der Waals surface area contributed by atoms with E-state index in [1.807, 2.05) is 0 Å². The fourth-order valence-corrected chi connectivity index (χ4v) is 3.39. The van der Waals surface area contributed by atoms with E-state index >= 15 is 0 Å². The van der Waals surface area contributed by atoms with Crippen molar-refractivity contribution in [1.29, 1.82) is 0 Å². The topological polar surface area (TPSA) is 50.4 Å². The predicted molar refractivity (Wildman–Crippen MR) is 80.6 cm³/mol. The van der Waals surface area contributed by atoms with Gasteiger partial charge in [-0.2, -0.15) is 0 Å². The summed E-state index contributed by atoms with van der Waals surface area (Å²) < 4.78 is 5.19. The molecule has 1 saturated carbocycles. The summed E-state index contributed by atoms with van der Waals surface area (Å²) in [5.74, 6) is 0.986. The average Bonchev–Trinajstić information content (AvgIpc) is 2.45. The van der Waals surface area contributed by atoms with Crippen molar-refractivity contribution in [2.75, 3.05) is 33.4 Å². The molecule has 0 spiro atoms. The van der Waals surface area contributed by atoms with Crippen molar-refractivity contribution in [3.63, 3.8) is 0 Å². The number of piperidine rings is 1. The molecule has 0 unspecified atom stereocenters. The van der Waals surface area contributed by atoms with Gasteiger partial charge in [-0.05, 0) is 62.9 Å². The van der Waals surface area contributed by atoms with E-state index in [-0.39, 0.29) is 5.91 Å². The van der Waals surface area contributed by atoms with Gasteiger partial charge in [0, 0.05) is 26.7 Å². The van der Waals surface area contributed by atoms with Crippen LogP contribution in [0.1, 0.15) is 51.4 Å². The zero-order valence-electron chi connectivity index (χ0n) is 12.9. The predicted octanol–water partition coefficient (Wildman–Crippen LogP) is 2.09. The standard InChI is InChI=1S/C16H30N2O2/c1-20-12-9-16(7-2-8-16)13-18-15(19)4-3-14-5-10-17-11-6-14/h14,17H,2-13H2,1H3,(H,18,19). The van der Waals surface area contributed by atoms with Gasteiger partial charge in [-0.15, -0.1) is 0 Å². The number of hydrogen-bond acceptors (Lipinski definition) is 3. The van der Waals surface area contributed by atoms with Gasteiger partial charge in [0.05, 0.1) is 0 Å². The van der Waals surface area contributed by atoms with Crippen LogP contribution < -0.4 is 10.6 Å². The molecule has 0 aromatic heterocycles. The fraction of sp³-hybridized carbons (Fsp3) is 0.938. The number of hydrogen-bond donors (Lipinski definition) is 2. The van der Waals surface area contributed by atoms with Gasteiger partial charge in [0.1, 0.15) is 0 Å². The van der Waals surface area contributed by atoms with E-state index in [2.05, 4.69) is 10.6 Å². The molecule has 2 fully saturated rings. The summed E-state index contributed by atoms with van der Waals surface area (Å²) in [4.78, 5) is 12.0. The molecular formula is C16H30N2O2. The maximum atomic E-state index is 12.0. The number of nitrogens with one attached hydrogen (secondary N) is 2. The van der Waals surface area contributed by atoms with Crippen LogP contribution in [0.5, 0.6) is 0 Å². The molecule has 4 nitrogen and oxygen atoms in total. The second-order valence-corrected chi connectivity index (χ2v) is 6.61. The van der Waals surface area contributed by atoms with E-state index in [9.17, 15) is 4.79 Å². The van der Waals surface area contributed by atoms with Gasteiger partial charge in [0.15, 0.2) is 0 Å². The number of carbonyl (C=O) groups excluding carboxylic acids is 1. The maximum absolute atomic E-state index is 12.0. The molecule has 2 aliphatic rings. The van der Waals surface area contributed by atoms with Gasteiger partial charge >= 0.3 is 0 Å². The van der Waals surface area contributed by atoms with Crippen LogP contribution in [0, 0.1) is 11.3 Å². The molecule has 116 valence electrons. The Balaban J connectivity index is 1.61. The Bertz CT molecular complexity index is 297. The van der Waals surface area contributed by atoms with Gasteiger partial charge in [-0.25, -0.2) is 0 Å². The smallest absolute Gasteiger partial charge is 0.220 e. The summed E-state index contributed by atoms with van der Waals surface area (Å²) >= 11 is 0. The van der Waals surface area contributed by atoms with E-state index in [0.717, 1.165) is 45.0 Å². The molecule has 1 heterocycles. The molecule has 0 radical (unpaired) electrons. The first kappa shape index (κ1) is 15.8. The van der Waals surface area contributed by atoms with Crippen LogP contribution in [0.3, 0.4) is 0 Å². The zero-order valence-corrected chi connectivity index (χ0v) is 12.9. The molecule has 2 rings (SSSR count). The number of ether oxygens (including phenoxy) is 1. The van der Waals surface area contributed by atoms with Crippen molar-refractivity contribution in [2.24, 2.45) is 11.3 Å². The molecule has 0 bridgehead atoms. The molecule has 0 aromatic rings. The monoisotopic (exact) mass is 282 g/mol. The quantitative estimate of drug-likeness (QED) is 0.717. The Hall–Kier alpha value is -0.610.